The zero-order chi connectivity index (χ0) is 13.5. The van der Waals surface area contributed by atoms with Crippen molar-refractivity contribution >= 4 is 5.84 Å². The highest BCUT2D eigenvalue weighted by Gasteiger charge is 2.12. The summed E-state index contributed by atoms with van der Waals surface area (Å²) in [6, 6.07) is 3.90. The Balaban J connectivity index is 2.78. The fourth-order valence-corrected chi connectivity index (χ4v) is 1.92. The summed E-state index contributed by atoms with van der Waals surface area (Å²) in [6.45, 7) is 9.51. The maximum absolute atomic E-state index is 7.55. The fourth-order valence-electron chi connectivity index (χ4n) is 1.92. The predicted octanol–water partition coefficient (Wildman–Crippen LogP) is 2.23. The molecule has 1 atom stereocenters. The second-order valence-corrected chi connectivity index (χ2v) is 4.77. The van der Waals surface area contributed by atoms with Gasteiger partial charge in [0.2, 0.25) is 0 Å². The van der Waals surface area contributed by atoms with Gasteiger partial charge in [-0.2, -0.15) is 0 Å². The van der Waals surface area contributed by atoms with Crippen molar-refractivity contribution in [3.8, 4) is 0 Å². The van der Waals surface area contributed by atoms with Gasteiger partial charge in [-0.25, -0.2) is 0 Å². The molecule has 1 rings (SSSR count). The van der Waals surface area contributed by atoms with Gasteiger partial charge in [-0.1, -0.05) is 33.3 Å². The average Bonchev–Trinajstić information content (AvgIpc) is 2.38. The molecule has 0 aromatic carbocycles. The lowest BCUT2D eigenvalue weighted by Gasteiger charge is -2.24. The van der Waals surface area contributed by atoms with E-state index in [4.69, 9.17) is 11.1 Å². The van der Waals surface area contributed by atoms with Gasteiger partial charge in [-0.3, -0.25) is 15.3 Å². The van der Waals surface area contributed by atoms with E-state index in [1.165, 1.54) is 6.42 Å². The van der Waals surface area contributed by atoms with Gasteiger partial charge >= 0.3 is 0 Å². The zero-order valence-electron chi connectivity index (χ0n) is 11.6. The van der Waals surface area contributed by atoms with Crippen LogP contribution in [-0.2, 0) is 6.54 Å². The normalized spacial score (nSPS) is 12.7. The monoisotopic (exact) mass is 248 g/mol. The van der Waals surface area contributed by atoms with Crippen LogP contribution in [0.4, 0.5) is 0 Å². The van der Waals surface area contributed by atoms with Crippen molar-refractivity contribution in [2.75, 3.05) is 13.1 Å². The van der Waals surface area contributed by atoms with E-state index >= 15 is 0 Å². The molecule has 1 heterocycles. The van der Waals surface area contributed by atoms with Crippen LogP contribution in [0.3, 0.4) is 0 Å². The summed E-state index contributed by atoms with van der Waals surface area (Å²) in [4.78, 5) is 6.56. The van der Waals surface area contributed by atoms with E-state index in [2.05, 4.69) is 30.7 Å². The van der Waals surface area contributed by atoms with Gasteiger partial charge in [-0.15, -0.1) is 0 Å². The van der Waals surface area contributed by atoms with Crippen LogP contribution in [-0.4, -0.2) is 28.8 Å². The van der Waals surface area contributed by atoms with Gasteiger partial charge < -0.3 is 5.73 Å². The van der Waals surface area contributed by atoms with E-state index < -0.39 is 0 Å². The number of hydrogen-bond acceptors (Lipinski definition) is 3. The Kier molecular flexibility index (Phi) is 5.78. The Morgan fingerprint density at radius 1 is 1.50 bits per heavy atom. The first-order chi connectivity index (χ1) is 8.58. The number of nitrogens with zero attached hydrogens (tertiary/aromatic N) is 2. The van der Waals surface area contributed by atoms with Crippen LogP contribution in [0, 0.1) is 11.3 Å². The van der Waals surface area contributed by atoms with E-state index in [0.29, 0.717) is 11.6 Å². The molecule has 0 bridgehead atoms. The average molecular weight is 248 g/mol. The first-order valence-corrected chi connectivity index (χ1v) is 6.59. The number of nitrogen functional groups attached to an aromatic ring is 1. The first-order valence-electron chi connectivity index (χ1n) is 6.59. The highest BCUT2D eigenvalue weighted by Crippen LogP contribution is 2.11. The SMILES string of the molecule is CCC(C)CN(CC)Cc1cccnc1C(=N)N. The Labute approximate surface area is 110 Å². The maximum Gasteiger partial charge on any atom is 0.142 e. The number of rotatable bonds is 7. The molecule has 4 heteroatoms. The number of nitrogens with two attached hydrogens (primary N) is 1. The molecule has 18 heavy (non-hydrogen) atoms. The van der Waals surface area contributed by atoms with Gasteiger partial charge in [0, 0.05) is 19.3 Å². The highest BCUT2D eigenvalue weighted by atomic mass is 15.1. The molecule has 1 aromatic heterocycles. The van der Waals surface area contributed by atoms with Crippen molar-refractivity contribution in [3.05, 3.63) is 29.6 Å². The van der Waals surface area contributed by atoms with Gasteiger partial charge in [0.25, 0.3) is 0 Å². The minimum atomic E-state index is 0.0465. The standard InChI is InChI=1S/C14H24N4/c1-4-11(3)9-18(5-2)10-12-7-6-8-17-13(12)14(15)16/h6-8,11H,4-5,9-10H2,1-3H3,(H3,15,16). The number of pyridine rings is 1. The van der Waals surface area contributed by atoms with Crippen molar-refractivity contribution in [3.63, 3.8) is 0 Å². The number of amidine groups is 1. The molecule has 0 fully saturated rings. The highest BCUT2D eigenvalue weighted by molar-refractivity contribution is 5.94. The van der Waals surface area contributed by atoms with Crippen LogP contribution in [0.25, 0.3) is 0 Å². The summed E-state index contributed by atoms with van der Waals surface area (Å²) in [5.74, 6) is 0.729. The minimum Gasteiger partial charge on any atom is -0.382 e. The van der Waals surface area contributed by atoms with Gasteiger partial charge in [0.15, 0.2) is 0 Å². The summed E-state index contributed by atoms with van der Waals surface area (Å²) in [5, 5.41) is 7.55. The lowest BCUT2D eigenvalue weighted by molar-refractivity contribution is 0.237. The van der Waals surface area contributed by atoms with Gasteiger partial charge in [0.1, 0.15) is 11.5 Å². The topological polar surface area (TPSA) is 66.0 Å². The summed E-state index contributed by atoms with van der Waals surface area (Å²) < 4.78 is 0. The largest absolute Gasteiger partial charge is 0.382 e. The van der Waals surface area contributed by atoms with E-state index in [9.17, 15) is 0 Å². The van der Waals surface area contributed by atoms with E-state index in [0.717, 1.165) is 25.2 Å². The summed E-state index contributed by atoms with van der Waals surface area (Å²) >= 11 is 0. The van der Waals surface area contributed by atoms with Crippen molar-refractivity contribution < 1.29 is 0 Å². The second kappa shape index (κ2) is 7.11. The van der Waals surface area contributed by atoms with E-state index in [1.807, 2.05) is 12.1 Å². The lowest BCUT2D eigenvalue weighted by atomic mass is 10.1. The molecule has 1 unspecified atom stereocenters. The fraction of sp³-hybridized carbons (Fsp3) is 0.571. The van der Waals surface area contributed by atoms with Crippen LogP contribution < -0.4 is 5.73 Å². The lowest BCUT2D eigenvalue weighted by Crippen LogP contribution is -2.29. The molecule has 0 spiro atoms. The quantitative estimate of drug-likeness (QED) is 0.574. The maximum atomic E-state index is 7.55. The van der Waals surface area contributed by atoms with Crippen LogP contribution >= 0.6 is 0 Å². The molecule has 4 nitrogen and oxygen atoms in total. The molecule has 0 radical (unpaired) electrons. The Hall–Kier alpha value is -1.42. The van der Waals surface area contributed by atoms with Gasteiger partial charge in [-0.05, 0) is 24.1 Å². The van der Waals surface area contributed by atoms with E-state index in [1.54, 1.807) is 6.20 Å². The third-order valence-electron chi connectivity index (χ3n) is 3.25. The summed E-state index contributed by atoms with van der Waals surface area (Å²) in [6.07, 6.45) is 2.87. The third kappa shape index (κ3) is 4.11. The van der Waals surface area contributed by atoms with Crippen LogP contribution in [0.1, 0.15) is 38.4 Å². The Bertz CT molecular complexity index is 389. The Morgan fingerprint density at radius 2 is 2.22 bits per heavy atom. The van der Waals surface area contributed by atoms with Crippen molar-refractivity contribution in [2.24, 2.45) is 11.7 Å². The molecule has 0 saturated heterocycles. The van der Waals surface area contributed by atoms with E-state index in [-0.39, 0.29) is 5.84 Å². The molecule has 0 aliphatic heterocycles. The Morgan fingerprint density at radius 3 is 2.78 bits per heavy atom. The minimum absolute atomic E-state index is 0.0465. The summed E-state index contributed by atoms with van der Waals surface area (Å²) in [7, 11) is 0. The molecule has 100 valence electrons. The zero-order valence-corrected chi connectivity index (χ0v) is 11.6. The van der Waals surface area contributed by atoms with Crippen LogP contribution in [0.15, 0.2) is 18.3 Å². The smallest absolute Gasteiger partial charge is 0.142 e. The molecule has 3 N–H and O–H groups in total. The molecular weight excluding hydrogens is 224 g/mol. The first kappa shape index (κ1) is 14.6. The summed E-state index contributed by atoms with van der Waals surface area (Å²) in [5.41, 5.74) is 7.21. The van der Waals surface area contributed by atoms with Crippen molar-refractivity contribution in [2.45, 2.75) is 33.7 Å². The molecule has 0 amide bonds. The molecule has 0 aliphatic rings. The molecule has 0 saturated carbocycles. The predicted molar refractivity (Wildman–Crippen MR) is 75.7 cm³/mol. The van der Waals surface area contributed by atoms with Gasteiger partial charge in [0.05, 0.1) is 0 Å². The molecule has 0 aliphatic carbocycles. The van der Waals surface area contributed by atoms with Crippen LogP contribution in [0.5, 0.6) is 0 Å². The molecular formula is C14H24N4. The number of aromatic nitrogens is 1. The van der Waals surface area contributed by atoms with Crippen molar-refractivity contribution in [1.82, 2.24) is 9.88 Å². The molecule has 1 aromatic rings. The number of nitrogens with one attached hydrogen (secondary N) is 1. The van der Waals surface area contributed by atoms with Crippen LogP contribution in [0.2, 0.25) is 0 Å². The second-order valence-electron chi connectivity index (χ2n) is 4.77. The third-order valence-corrected chi connectivity index (χ3v) is 3.25. The number of hydrogen-bond donors (Lipinski definition) is 2. The van der Waals surface area contributed by atoms with Crippen molar-refractivity contribution in [1.29, 1.82) is 5.41 Å².